The second kappa shape index (κ2) is 12.0. The third-order valence-electron chi connectivity index (χ3n) is 9.08. The number of nitrogens with zero attached hydrogens (tertiary/aromatic N) is 4. The van der Waals surface area contributed by atoms with Gasteiger partial charge in [0.15, 0.2) is 0 Å². The molecule has 0 saturated carbocycles. The van der Waals surface area contributed by atoms with Crippen LogP contribution in [0, 0.1) is 0 Å². The molecule has 0 saturated heterocycles. The molecule has 0 atom stereocenters. The quantitative estimate of drug-likeness (QED) is 0.217. The molecule has 0 spiro atoms. The van der Waals surface area contributed by atoms with Gasteiger partial charge in [-0.25, -0.2) is 20.0 Å². The van der Waals surface area contributed by atoms with E-state index in [0.29, 0.717) is 11.4 Å². The van der Waals surface area contributed by atoms with Crippen LogP contribution < -0.4 is 11.5 Å². The Kier molecular flexibility index (Phi) is 6.99. The fraction of sp³-hybridized carbons (Fsp3) is 0. The highest BCUT2D eigenvalue weighted by Crippen LogP contribution is 2.38. The molecule has 236 valence electrons. The first-order valence-electron chi connectivity index (χ1n) is 16.5. The SMILES string of the molecule is Nc1cccc(C2=C3C=CC(=N3)C(c3cccc(N)c3)=C3C=CC(=N3)C(c3ccccc3)=C3C=CC(=N3)C(c3ccccc3)=C3C=CC2=N3)c1. The van der Waals surface area contributed by atoms with Gasteiger partial charge in [0, 0.05) is 33.7 Å². The molecule has 4 aromatic rings. The van der Waals surface area contributed by atoms with Gasteiger partial charge in [0.2, 0.25) is 0 Å². The van der Waals surface area contributed by atoms with Crippen molar-refractivity contribution in [2.75, 3.05) is 11.5 Å². The largest absolute Gasteiger partial charge is 0.399 e. The van der Waals surface area contributed by atoms with Crippen LogP contribution in [0.3, 0.4) is 0 Å². The van der Waals surface area contributed by atoms with E-state index in [1.165, 1.54) is 0 Å². The zero-order valence-corrected chi connectivity index (χ0v) is 27.0. The number of nitrogen functional groups attached to an aromatic ring is 2. The van der Waals surface area contributed by atoms with Crippen molar-refractivity contribution in [2.45, 2.75) is 0 Å². The number of rotatable bonds is 4. The average molecular weight is 643 g/mol. The van der Waals surface area contributed by atoms with Gasteiger partial charge in [0.25, 0.3) is 0 Å². The van der Waals surface area contributed by atoms with Crippen LogP contribution in [0.25, 0.3) is 22.3 Å². The van der Waals surface area contributed by atoms with Crippen LogP contribution in [-0.4, -0.2) is 22.8 Å². The van der Waals surface area contributed by atoms with Crippen LogP contribution >= 0.6 is 0 Å². The molecule has 0 aliphatic carbocycles. The molecule has 4 aromatic carbocycles. The smallest absolute Gasteiger partial charge is 0.0738 e. The molecule has 6 nitrogen and oxygen atoms in total. The third kappa shape index (κ3) is 5.16. The lowest BCUT2D eigenvalue weighted by atomic mass is 9.98. The van der Waals surface area contributed by atoms with Gasteiger partial charge in [-0.15, -0.1) is 0 Å². The lowest BCUT2D eigenvalue weighted by Crippen LogP contribution is -2.04. The van der Waals surface area contributed by atoms with Crippen LogP contribution in [-0.2, 0) is 0 Å². The number of anilines is 2. The number of allylic oxidation sites excluding steroid dienone is 12. The van der Waals surface area contributed by atoms with E-state index in [0.717, 1.165) is 90.2 Å². The third-order valence-corrected chi connectivity index (χ3v) is 9.08. The van der Waals surface area contributed by atoms with Gasteiger partial charge in [-0.1, -0.05) is 84.9 Å². The maximum atomic E-state index is 6.33. The van der Waals surface area contributed by atoms with Gasteiger partial charge in [-0.2, -0.15) is 0 Å². The summed E-state index contributed by atoms with van der Waals surface area (Å²) in [6, 6.07) is 36.3. The first-order chi connectivity index (χ1) is 24.6. The van der Waals surface area contributed by atoms with Crippen molar-refractivity contribution in [1.29, 1.82) is 0 Å². The summed E-state index contributed by atoms with van der Waals surface area (Å²) in [5.74, 6) is 0. The van der Waals surface area contributed by atoms with E-state index in [2.05, 4.69) is 60.7 Å². The second-order valence-electron chi connectivity index (χ2n) is 12.3. The molecule has 8 bridgehead atoms. The van der Waals surface area contributed by atoms with E-state index in [4.69, 9.17) is 31.4 Å². The fourth-order valence-electron chi connectivity index (χ4n) is 6.87. The molecule has 9 rings (SSSR count). The second-order valence-corrected chi connectivity index (χ2v) is 12.3. The average Bonchev–Trinajstić information content (AvgIpc) is 3.97. The normalized spacial score (nSPS) is 17.6. The predicted molar refractivity (Wildman–Crippen MR) is 209 cm³/mol. The molecule has 5 aliphatic rings. The summed E-state index contributed by atoms with van der Waals surface area (Å²) in [4.78, 5) is 21.2. The molecule has 5 heterocycles. The summed E-state index contributed by atoms with van der Waals surface area (Å²) in [6.07, 6.45) is 16.5. The summed E-state index contributed by atoms with van der Waals surface area (Å²) in [7, 11) is 0. The van der Waals surface area contributed by atoms with Crippen molar-refractivity contribution < 1.29 is 0 Å². The van der Waals surface area contributed by atoms with E-state index >= 15 is 0 Å². The monoisotopic (exact) mass is 642 g/mol. The van der Waals surface area contributed by atoms with Gasteiger partial charge in [-0.05, 0) is 95.1 Å². The molecule has 0 fully saturated rings. The summed E-state index contributed by atoms with van der Waals surface area (Å²) in [5.41, 5.74) is 28.0. The summed E-state index contributed by atoms with van der Waals surface area (Å²) >= 11 is 0. The Bertz CT molecular complexity index is 2430. The number of fused-ring (bicyclic) bond motifs is 4. The minimum Gasteiger partial charge on any atom is -0.399 e. The minimum absolute atomic E-state index is 0.664. The maximum Gasteiger partial charge on any atom is 0.0738 e. The first-order valence-corrected chi connectivity index (χ1v) is 16.5. The fourth-order valence-corrected chi connectivity index (χ4v) is 6.87. The number of aliphatic imine (C=N–C) groups is 4. The zero-order valence-electron chi connectivity index (χ0n) is 27.0. The van der Waals surface area contributed by atoms with Crippen molar-refractivity contribution in [3.05, 3.63) is 203 Å². The molecule has 50 heavy (non-hydrogen) atoms. The van der Waals surface area contributed by atoms with Crippen molar-refractivity contribution in [2.24, 2.45) is 20.0 Å². The van der Waals surface area contributed by atoms with Crippen LogP contribution in [0.5, 0.6) is 0 Å². The van der Waals surface area contributed by atoms with E-state index in [9.17, 15) is 0 Å². The van der Waals surface area contributed by atoms with Crippen molar-refractivity contribution in [3.8, 4) is 0 Å². The highest BCUT2D eigenvalue weighted by atomic mass is 14.9. The van der Waals surface area contributed by atoms with E-state index in [1.807, 2.05) is 97.1 Å². The topological polar surface area (TPSA) is 101 Å². The Balaban J connectivity index is 1.38. The predicted octanol–water partition coefficient (Wildman–Crippen LogP) is 8.85. The molecule has 6 heteroatoms. The Hall–Kier alpha value is -6.92. The summed E-state index contributed by atoms with van der Waals surface area (Å²) in [5, 5.41) is 0. The maximum absolute atomic E-state index is 6.33. The van der Waals surface area contributed by atoms with E-state index in [1.54, 1.807) is 0 Å². The molecule has 0 unspecified atom stereocenters. The van der Waals surface area contributed by atoms with Crippen molar-refractivity contribution in [1.82, 2.24) is 0 Å². The van der Waals surface area contributed by atoms with Crippen molar-refractivity contribution in [3.63, 3.8) is 0 Å². The van der Waals surface area contributed by atoms with Gasteiger partial charge in [0.1, 0.15) is 0 Å². The first kappa shape index (κ1) is 29.2. The summed E-state index contributed by atoms with van der Waals surface area (Å²) in [6.45, 7) is 0. The molecule has 0 radical (unpaired) electrons. The van der Waals surface area contributed by atoms with E-state index < -0.39 is 0 Å². The van der Waals surface area contributed by atoms with Crippen LogP contribution in [0.1, 0.15) is 22.3 Å². The minimum atomic E-state index is 0.664. The summed E-state index contributed by atoms with van der Waals surface area (Å²) < 4.78 is 0. The lowest BCUT2D eigenvalue weighted by molar-refractivity contribution is 1.41. The van der Waals surface area contributed by atoms with Crippen LogP contribution in [0.4, 0.5) is 11.4 Å². The van der Waals surface area contributed by atoms with E-state index in [-0.39, 0.29) is 0 Å². The lowest BCUT2D eigenvalue weighted by Gasteiger charge is -2.13. The Morgan fingerprint density at radius 1 is 0.300 bits per heavy atom. The highest BCUT2D eigenvalue weighted by Gasteiger charge is 2.27. The van der Waals surface area contributed by atoms with Gasteiger partial charge < -0.3 is 11.5 Å². The Morgan fingerprint density at radius 2 is 0.600 bits per heavy atom. The van der Waals surface area contributed by atoms with Crippen molar-refractivity contribution >= 4 is 56.5 Å². The number of benzene rings is 4. The molecule has 0 amide bonds. The molecular formula is C44H30N6. The zero-order chi connectivity index (χ0) is 33.6. The Morgan fingerprint density at radius 3 is 0.920 bits per heavy atom. The number of nitrogens with two attached hydrogens (primary N) is 2. The Labute approximate surface area is 290 Å². The highest BCUT2D eigenvalue weighted by molar-refractivity contribution is 6.39. The van der Waals surface area contributed by atoms with Gasteiger partial charge in [-0.3, -0.25) is 0 Å². The van der Waals surface area contributed by atoms with Crippen LogP contribution in [0.2, 0.25) is 0 Å². The van der Waals surface area contributed by atoms with Gasteiger partial charge in [0.05, 0.1) is 45.6 Å². The number of hydrogen-bond donors (Lipinski definition) is 2. The van der Waals surface area contributed by atoms with Gasteiger partial charge >= 0.3 is 0 Å². The molecule has 4 N–H and O–H groups in total. The number of hydrogen-bond acceptors (Lipinski definition) is 6. The van der Waals surface area contributed by atoms with Crippen LogP contribution in [0.15, 0.2) is 201 Å². The molecule has 5 aliphatic heterocycles. The molecule has 0 aromatic heterocycles. The standard InChI is InChI=1S/C44H30N6/c45-31-15-7-13-29(25-31)43-37-21-19-35(48-37)41(27-9-3-1-4-10-27)33-17-18-34(47-33)42(28-11-5-2-6-12-28)36-20-22-38(49-36)44(40-24-23-39(43)50-40)30-14-8-16-32(46)26-30/h1-26H,45-46H2. The molecular weight excluding hydrogens is 613 g/mol.